The highest BCUT2D eigenvalue weighted by Crippen LogP contribution is 2.20. The number of halogens is 2. The first-order chi connectivity index (χ1) is 16.6. The van der Waals surface area contributed by atoms with Crippen LogP contribution in [0.1, 0.15) is 41.6 Å². The van der Waals surface area contributed by atoms with Gasteiger partial charge in [-0.2, -0.15) is 0 Å². The summed E-state index contributed by atoms with van der Waals surface area (Å²) in [5, 5.41) is 4.59. The zero-order valence-electron chi connectivity index (χ0n) is 20.9. The van der Waals surface area contributed by atoms with E-state index in [4.69, 9.17) is 4.74 Å². The lowest BCUT2D eigenvalue weighted by Crippen LogP contribution is -2.16. The number of hydrogen-bond donors (Lipinski definition) is 1. The monoisotopic (exact) mass is 527 g/mol. The largest absolute Gasteiger partial charge is 0.494 e. The molecule has 2 heterocycles. The molecule has 36 heavy (non-hydrogen) atoms. The zero-order chi connectivity index (χ0) is 23.8. The first-order valence-corrected chi connectivity index (χ1v) is 12.0. The summed E-state index contributed by atoms with van der Waals surface area (Å²) < 4.78 is 7.58. The molecule has 0 aliphatic heterocycles. The third-order valence-corrected chi connectivity index (χ3v) is 6.28. The van der Waals surface area contributed by atoms with Crippen molar-refractivity contribution in [3.05, 3.63) is 106 Å². The molecule has 0 atom stereocenters. The van der Waals surface area contributed by atoms with Crippen molar-refractivity contribution in [1.82, 2.24) is 14.9 Å². The molecule has 2 aromatic heterocycles. The Morgan fingerprint density at radius 2 is 1.72 bits per heavy atom. The van der Waals surface area contributed by atoms with E-state index in [1.165, 1.54) is 16.7 Å². The van der Waals surface area contributed by atoms with Gasteiger partial charge < -0.3 is 14.6 Å². The smallest absolute Gasteiger partial charge is 0.250 e. The zero-order valence-corrected chi connectivity index (χ0v) is 22.5. The summed E-state index contributed by atoms with van der Waals surface area (Å²) in [6.07, 6.45) is 5.98. The molecule has 0 radical (unpaired) electrons. The summed E-state index contributed by atoms with van der Waals surface area (Å²) in [6, 6.07) is 22.0. The Bertz CT molecular complexity index is 1310. The maximum absolute atomic E-state index is 11.7. The number of unbranched alkanes of at least 4 members (excludes halogenated alkanes) is 2. The Balaban J connectivity index is 0.00000228. The van der Waals surface area contributed by atoms with Gasteiger partial charge in [0.25, 0.3) is 5.56 Å². The van der Waals surface area contributed by atoms with Gasteiger partial charge in [-0.1, -0.05) is 30.3 Å². The van der Waals surface area contributed by atoms with E-state index in [2.05, 4.69) is 47.6 Å². The second kappa shape index (κ2) is 14.6. The van der Waals surface area contributed by atoms with Crippen LogP contribution in [0.5, 0.6) is 5.75 Å². The van der Waals surface area contributed by atoms with Crippen LogP contribution in [0.3, 0.4) is 0 Å². The highest BCUT2D eigenvalue weighted by atomic mass is 35.5. The quantitative estimate of drug-likeness (QED) is 0.242. The summed E-state index contributed by atoms with van der Waals surface area (Å²) in [5.41, 5.74) is 5.97. The molecule has 0 spiro atoms. The van der Waals surface area contributed by atoms with Gasteiger partial charge >= 0.3 is 0 Å². The Labute approximate surface area is 225 Å². The Hall–Kier alpha value is -2.86. The molecule has 0 saturated heterocycles. The van der Waals surface area contributed by atoms with Crippen LogP contribution in [0.25, 0.3) is 10.9 Å². The summed E-state index contributed by atoms with van der Waals surface area (Å²) in [5.74, 6) is 0.849. The van der Waals surface area contributed by atoms with Crippen LogP contribution in [-0.2, 0) is 20.0 Å². The predicted octanol–water partition coefficient (Wildman–Crippen LogP) is 6.02. The fourth-order valence-electron chi connectivity index (χ4n) is 4.18. The van der Waals surface area contributed by atoms with Crippen molar-refractivity contribution in [2.45, 2.75) is 39.2 Å². The summed E-state index contributed by atoms with van der Waals surface area (Å²) in [6.45, 7) is 4.66. The minimum absolute atomic E-state index is 0. The highest BCUT2D eigenvalue weighted by Gasteiger charge is 2.06. The van der Waals surface area contributed by atoms with E-state index >= 15 is 0 Å². The number of aromatic nitrogens is 2. The SMILES string of the molecule is Cc1ccccc1Cc1ncccc1CNCCCCCOc1ccc2c(ccc(=O)n2C)c1.Cl.Cl. The molecule has 0 unspecified atom stereocenters. The van der Waals surface area contributed by atoms with Gasteiger partial charge in [-0.25, -0.2) is 0 Å². The Morgan fingerprint density at radius 1 is 0.917 bits per heavy atom. The molecular weight excluding hydrogens is 493 g/mol. The van der Waals surface area contributed by atoms with Gasteiger partial charge in [0, 0.05) is 43.4 Å². The van der Waals surface area contributed by atoms with Crippen LogP contribution in [0.2, 0.25) is 0 Å². The lowest BCUT2D eigenvalue weighted by molar-refractivity contribution is 0.305. The third-order valence-electron chi connectivity index (χ3n) is 6.28. The molecule has 0 bridgehead atoms. The van der Waals surface area contributed by atoms with E-state index < -0.39 is 0 Å². The van der Waals surface area contributed by atoms with Crippen LogP contribution >= 0.6 is 24.8 Å². The van der Waals surface area contributed by atoms with Crippen molar-refractivity contribution >= 4 is 35.7 Å². The summed E-state index contributed by atoms with van der Waals surface area (Å²) in [4.78, 5) is 16.4. The molecule has 192 valence electrons. The van der Waals surface area contributed by atoms with Crippen LogP contribution in [0.15, 0.2) is 77.7 Å². The third kappa shape index (κ3) is 7.82. The van der Waals surface area contributed by atoms with Crippen molar-refractivity contribution in [2.75, 3.05) is 13.2 Å². The van der Waals surface area contributed by atoms with E-state index in [1.54, 1.807) is 17.7 Å². The number of hydrogen-bond acceptors (Lipinski definition) is 4. The van der Waals surface area contributed by atoms with Gasteiger partial charge in [0.2, 0.25) is 0 Å². The fraction of sp³-hybridized carbons (Fsp3) is 0.310. The lowest BCUT2D eigenvalue weighted by atomic mass is 10.0. The Kier molecular flexibility index (Phi) is 11.9. The number of nitrogens with one attached hydrogen (secondary N) is 1. The van der Waals surface area contributed by atoms with E-state index in [0.29, 0.717) is 6.61 Å². The average Bonchev–Trinajstić information content (AvgIpc) is 2.85. The number of benzene rings is 2. The molecule has 4 rings (SSSR count). The number of ether oxygens (including phenoxy) is 1. The summed E-state index contributed by atoms with van der Waals surface area (Å²) in [7, 11) is 1.79. The minimum atomic E-state index is 0. The normalized spacial score (nSPS) is 10.5. The predicted molar refractivity (Wildman–Crippen MR) is 153 cm³/mol. The van der Waals surface area contributed by atoms with E-state index in [0.717, 1.165) is 61.1 Å². The maximum atomic E-state index is 11.7. The molecular formula is C29H35Cl2N3O2. The molecule has 0 fully saturated rings. The van der Waals surface area contributed by atoms with Gasteiger partial charge in [0.05, 0.1) is 12.1 Å². The number of nitrogens with zero attached hydrogens (tertiary/aromatic N) is 2. The van der Waals surface area contributed by atoms with Gasteiger partial charge in [0.15, 0.2) is 0 Å². The van der Waals surface area contributed by atoms with Crippen molar-refractivity contribution in [2.24, 2.45) is 7.05 Å². The highest BCUT2D eigenvalue weighted by molar-refractivity contribution is 5.85. The minimum Gasteiger partial charge on any atom is -0.494 e. The van der Waals surface area contributed by atoms with E-state index in [9.17, 15) is 4.79 Å². The van der Waals surface area contributed by atoms with Gasteiger partial charge in [-0.3, -0.25) is 9.78 Å². The lowest BCUT2D eigenvalue weighted by Gasteiger charge is -2.11. The molecule has 0 saturated carbocycles. The topological polar surface area (TPSA) is 56.2 Å². The van der Waals surface area contributed by atoms with Gasteiger partial charge in [-0.15, -0.1) is 24.8 Å². The van der Waals surface area contributed by atoms with Crippen molar-refractivity contribution < 1.29 is 4.74 Å². The van der Waals surface area contributed by atoms with Crippen molar-refractivity contribution in [1.29, 1.82) is 0 Å². The second-order valence-corrected chi connectivity index (χ2v) is 8.75. The van der Waals surface area contributed by atoms with Crippen LogP contribution < -0.4 is 15.6 Å². The molecule has 7 heteroatoms. The van der Waals surface area contributed by atoms with Crippen molar-refractivity contribution in [3.63, 3.8) is 0 Å². The van der Waals surface area contributed by atoms with Crippen LogP contribution in [0.4, 0.5) is 0 Å². The van der Waals surface area contributed by atoms with Gasteiger partial charge in [-0.05, 0) is 79.8 Å². The standard InChI is InChI=1S/C29H33N3O2.2ClH/c1-22-9-4-5-10-23(22)20-27-25(11-8-17-31-27)21-30-16-6-3-7-18-34-26-13-14-28-24(19-26)12-15-29(33)32(28)2;;/h4-5,8-15,17,19,30H,3,6-7,16,18,20-21H2,1-2H3;2*1H. The second-order valence-electron chi connectivity index (χ2n) is 8.75. The maximum Gasteiger partial charge on any atom is 0.250 e. The number of aryl methyl sites for hydroxylation is 2. The fourth-order valence-corrected chi connectivity index (χ4v) is 4.18. The molecule has 5 nitrogen and oxygen atoms in total. The van der Waals surface area contributed by atoms with Crippen LogP contribution in [0, 0.1) is 6.92 Å². The Morgan fingerprint density at radius 3 is 2.56 bits per heavy atom. The number of fused-ring (bicyclic) bond motifs is 1. The molecule has 0 aliphatic rings. The molecule has 1 N–H and O–H groups in total. The van der Waals surface area contributed by atoms with Gasteiger partial charge in [0.1, 0.15) is 5.75 Å². The van der Waals surface area contributed by atoms with E-state index in [1.807, 2.05) is 36.5 Å². The van der Waals surface area contributed by atoms with Crippen molar-refractivity contribution in [3.8, 4) is 5.75 Å². The first kappa shape index (κ1) is 29.4. The molecule has 0 amide bonds. The average molecular weight is 529 g/mol. The van der Waals surface area contributed by atoms with Crippen LogP contribution in [-0.4, -0.2) is 22.7 Å². The molecule has 2 aromatic carbocycles. The molecule has 0 aliphatic carbocycles. The first-order valence-electron chi connectivity index (χ1n) is 12.0. The number of rotatable bonds is 11. The van der Waals surface area contributed by atoms with E-state index in [-0.39, 0.29) is 30.4 Å². The summed E-state index contributed by atoms with van der Waals surface area (Å²) >= 11 is 0. The molecule has 4 aromatic rings. The number of pyridine rings is 2.